The second kappa shape index (κ2) is 7.87. The first-order valence-electron chi connectivity index (χ1n) is 8.75. The van der Waals surface area contributed by atoms with Crippen LogP contribution in [0.4, 0.5) is 5.00 Å². The number of carbonyl (C=O) groups excluding carboxylic acids is 2. The summed E-state index contributed by atoms with van der Waals surface area (Å²) in [6, 6.07) is 3.77. The predicted molar refractivity (Wildman–Crippen MR) is 97.3 cm³/mol. The van der Waals surface area contributed by atoms with Crippen LogP contribution in [0.3, 0.4) is 0 Å². The Morgan fingerprint density at radius 1 is 1.28 bits per heavy atom. The Kier molecular flexibility index (Phi) is 5.58. The zero-order chi connectivity index (χ0) is 17.8. The fraction of sp³-hybridized carbons (Fsp3) is 0.474. The number of ether oxygens (including phenoxy) is 1. The first-order chi connectivity index (χ1) is 12.1. The van der Waals surface area contributed by atoms with Crippen molar-refractivity contribution in [2.24, 2.45) is 0 Å². The number of aryl methyl sites for hydroxylation is 3. The van der Waals surface area contributed by atoms with Crippen LogP contribution in [0.5, 0.6) is 0 Å². The second-order valence-corrected chi connectivity index (χ2v) is 7.30. The first-order valence-corrected chi connectivity index (χ1v) is 9.57. The Hall–Kier alpha value is -2.08. The van der Waals surface area contributed by atoms with Crippen molar-refractivity contribution in [2.45, 2.75) is 52.4 Å². The van der Waals surface area contributed by atoms with Gasteiger partial charge in [0.25, 0.3) is 0 Å². The Bertz CT molecular complexity index is 774. The highest BCUT2D eigenvalue weighted by atomic mass is 32.1. The summed E-state index contributed by atoms with van der Waals surface area (Å²) in [7, 11) is 0. The molecule has 0 unspecified atom stereocenters. The molecule has 0 saturated carbocycles. The van der Waals surface area contributed by atoms with Crippen molar-refractivity contribution in [1.29, 1.82) is 0 Å². The number of furan rings is 1. The number of hydrogen-bond donors (Lipinski definition) is 1. The number of anilines is 1. The third kappa shape index (κ3) is 4.12. The van der Waals surface area contributed by atoms with Gasteiger partial charge in [-0.05, 0) is 57.2 Å². The van der Waals surface area contributed by atoms with Gasteiger partial charge in [-0.15, -0.1) is 11.3 Å². The van der Waals surface area contributed by atoms with Crippen LogP contribution < -0.4 is 5.32 Å². The first kappa shape index (κ1) is 17.7. The van der Waals surface area contributed by atoms with Gasteiger partial charge in [0.1, 0.15) is 16.5 Å². The van der Waals surface area contributed by atoms with Gasteiger partial charge in [-0.1, -0.05) is 0 Å². The Morgan fingerprint density at radius 3 is 2.80 bits per heavy atom. The SMILES string of the molecule is CCOC(=O)c1c(NC(=O)CCc2ccc(C)o2)sc2c1CCCC2. The van der Waals surface area contributed by atoms with E-state index in [-0.39, 0.29) is 11.9 Å². The van der Waals surface area contributed by atoms with Gasteiger partial charge in [-0.2, -0.15) is 0 Å². The van der Waals surface area contributed by atoms with Crippen molar-refractivity contribution in [3.8, 4) is 0 Å². The van der Waals surface area contributed by atoms with E-state index in [2.05, 4.69) is 5.32 Å². The molecule has 2 heterocycles. The smallest absolute Gasteiger partial charge is 0.341 e. The molecule has 1 aliphatic carbocycles. The summed E-state index contributed by atoms with van der Waals surface area (Å²) in [5.74, 6) is 1.19. The summed E-state index contributed by atoms with van der Waals surface area (Å²) in [5, 5.41) is 3.55. The molecule has 0 aliphatic heterocycles. The normalized spacial score (nSPS) is 13.4. The average Bonchev–Trinajstić information content (AvgIpc) is 3.16. The van der Waals surface area contributed by atoms with E-state index in [1.54, 1.807) is 6.92 Å². The van der Waals surface area contributed by atoms with E-state index in [1.807, 2.05) is 19.1 Å². The zero-order valence-corrected chi connectivity index (χ0v) is 15.5. The summed E-state index contributed by atoms with van der Waals surface area (Å²) >= 11 is 1.51. The average molecular weight is 361 g/mol. The number of thiophene rings is 1. The fourth-order valence-corrected chi connectivity index (χ4v) is 4.41. The van der Waals surface area contributed by atoms with Crippen molar-refractivity contribution in [2.75, 3.05) is 11.9 Å². The van der Waals surface area contributed by atoms with Gasteiger partial charge >= 0.3 is 5.97 Å². The fourth-order valence-electron chi connectivity index (χ4n) is 3.12. The highest BCUT2D eigenvalue weighted by molar-refractivity contribution is 7.17. The van der Waals surface area contributed by atoms with Crippen LogP contribution in [0.2, 0.25) is 0 Å². The molecular formula is C19H23NO4S. The highest BCUT2D eigenvalue weighted by Crippen LogP contribution is 2.38. The van der Waals surface area contributed by atoms with Crippen molar-refractivity contribution in [1.82, 2.24) is 0 Å². The molecule has 5 nitrogen and oxygen atoms in total. The molecule has 0 bridgehead atoms. The standard InChI is InChI=1S/C19H23NO4S/c1-3-23-19(22)17-14-6-4-5-7-15(14)25-18(17)20-16(21)11-10-13-9-8-12(2)24-13/h8-9H,3-7,10-11H2,1-2H3,(H,20,21). The quantitative estimate of drug-likeness (QED) is 0.780. The lowest BCUT2D eigenvalue weighted by molar-refractivity contribution is -0.116. The van der Waals surface area contributed by atoms with Crippen molar-refractivity contribution in [3.63, 3.8) is 0 Å². The molecule has 0 atom stereocenters. The molecule has 0 radical (unpaired) electrons. The second-order valence-electron chi connectivity index (χ2n) is 6.20. The van der Waals surface area contributed by atoms with E-state index in [0.29, 0.717) is 30.0 Å². The van der Waals surface area contributed by atoms with Gasteiger partial charge in [0.2, 0.25) is 5.91 Å². The topological polar surface area (TPSA) is 68.5 Å². The van der Waals surface area contributed by atoms with Crippen LogP contribution in [0.15, 0.2) is 16.5 Å². The van der Waals surface area contributed by atoms with Gasteiger partial charge < -0.3 is 14.5 Å². The van der Waals surface area contributed by atoms with Gasteiger partial charge in [-0.25, -0.2) is 4.79 Å². The molecule has 25 heavy (non-hydrogen) atoms. The van der Waals surface area contributed by atoms with Crippen LogP contribution >= 0.6 is 11.3 Å². The number of rotatable bonds is 6. The molecule has 0 aromatic carbocycles. The lowest BCUT2D eigenvalue weighted by Gasteiger charge is -2.12. The lowest BCUT2D eigenvalue weighted by Crippen LogP contribution is -2.16. The number of esters is 1. The molecular weight excluding hydrogens is 338 g/mol. The molecule has 2 aromatic rings. The number of carbonyl (C=O) groups is 2. The van der Waals surface area contributed by atoms with E-state index in [9.17, 15) is 9.59 Å². The van der Waals surface area contributed by atoms with Crippen LogP contribution in [0, 0.1) is 6.92 Å². The Morgan fingerprint density at radius 2 is 2.08 bits per heavy atom. The third-order valence-electron chi connectivity index (χ3n) is 4.30. The molecule has 1 amide bonds. The summed E-state index contributed by atoms with van der Waals surface area (Å²) in [5.41, 5.74) is 1.62. The van der Waals surface area contributed by atoms with Gasteiger partial charge in [0, 0.05) is 17.7 Å². The van der Waals surface area contributed by atoms with Gasteiger partial charge in [-0.3, -0.25) is 4.79 Å². The summed E-state index contributed by atoms with van der Waals surface area (Å²) in [4.78, 5) is 25.9. The Balaban J connectivity index is 1.73. The summed E-state index contributed by atoms with van der Waals surface area (Å²) in [6.45, 7) is 4.00. The molecule has 2 aromatic heterocycles. The molecule has 0 saturated heterocycles. The van der Waals surface area contributed by atoms with Crippen molar-refractivity contribution in [3.05, 3.63) is 39.7 Å². The number of hydrogen-bond acceptors (Lipinski definition) is 5. The number of fused-ring (bicyclic) bond motifs is 1. The molecule has 6 heteroatoms. The van der Waals surface area contributed by atoms with E-state index in [0.717, 1.165) is 42.8 Å². The summed E-state index contributed by atoms with van der Waals surface area (Å²) in [6.07, 6.45) is 4.90. The third-order valence-corrected chi connectivity index (χ3v) is 5.51. The van der Waals surface area contributed by atoms with E-state index in [1.165, 1.54) is 16.2 Å². The van der Waals surface area contributed by atoms with E-state index in [4.69, 9.17) is 9.15 Å². The molecule has 0 fully saturated rings. The van der Waals surface area contributed by atoms with Gasteiger partial charge in [0.15, 0.2) is 0 Å². The zero-order valence-electron chi connectivity index (χ0n) is 14.6. The summed E-state index contributed by atoms with van der Waals surface area (Å²) < 4.78 is 10.7. The van der Waals surface area contributed by atoms with Crippen LogP contribution in [0.25, 0.3) is 0 Å². The molecule has 0 spiro atoms. The molecule has 1 N–H and O–H groups in total. The minimum Gasteiger partial charge on any atom is -0.466 e. The van der Waals surface area contributed by atoms with E-state index >= 15 is 0 Å². The van der Waals surface area contributed by atoms with Crippen molar-refractivity contribution < 1.29 is 18.7 Å². The maximum Gasteiger partial charge on any atom is 0.341 e. The largest absolute Gasteiger partial charge is 0.466 e. The predicted octanol–water partition coefficient (Wildman–Crippen LogP) is 4.28. The van der Waals surface area contributed by atoms with Gasteiger partial charge in [0.05, 0.1) is 12.2 Å². The highest BCUT2D eigenvalue weighted by Gasteiger charge is 2.27. The molecule has 3 rings (SSSR count). The number of amides is 1. The lowest BCUT2D eigenvalue weighted by atomic mass is 9.95. The molecule has 134 valence electrons. The minimum absolute atomic E-state index is 0.113. The molecule has 1 aliphatic rings. The maximum absolute atomic E-state index is 12.4. The van der Waals surface area contributed by atoms with Crippen molar-refractivity contribution >= 4 is 28.2 Å². The van der Waals surface area contributed by atoms with Crippen LogP contribution in [-0.2, 0) is 28.8 Å². The van der Waals surface area contributed by atoms with E-state index < -0.39 is 0 Å². The van der Waals surface area contributed by atoms with Crippen LogP contribution in [0.1, 0.15) is 58.5 Å². The number of nitrogens with one attached hydrogen (secondary N) is 1. The maximum atomic E-state index is 12.4. The minimum atomic E-state index is -0.334. The van der Waals surface area contributed by atoms with Crippen LogP contribution in [-0.4, -0.2) is 18.5 Å². The Labute approximate surface area is 151 Å². The monoisotopic (exact) mass is 361 g/mol.